The molecule has 2 N–H and O–H groups in total. The summed E-state index contributed by atoms with van der Waals surface area (Å²) in [5, 5.41) is 10.8. The fourth-order valence-corrected chi connectivity index (χ4v) is 3.86. The zero-order valence-corrected chi connectivity index (χ0v) is 18.0. The number of anilines is 1. The number of hydrogen-bond donors (Lipinski definition) is 2. The van der Waals surface area contributed by atoms with Crippen LogP contribution in [0.15, 0.2) is 65.6 Å². The number of carbonyl (C=O) groups excluding carboxylic acids is 1. The standard InChI is InChI=1S/C22H24N4O4S/c1-3-14-23-31(28,29)15-17-6-10-19(11-7-17)24-20(27)12-13-21-25-26-22(30-21)18-8-4-16(2)5-9-18/h3-11,23H,1,12-15H2,2H3,(H,24,27). The van der Waals surface area contributed by atoms with Crippen LogP contribution in [0.2, 0.25) is 0 Å². The molecule has 9 heteroatoms. The minimum absolute atomic E-state index is 0.143. The second-order valence-corrected chi connectivity index (χ2v) is 8.82. The van der Waals surface area contributed by atoms with Crippen LogP contribution in [0.1, 0.15) is 23.4 Å². The van der Waals surface area contributed by atoms with Crippen LogP contribution < -0.4 is 10.0 Å². The van der Waals surface area contributed by atoms with Gasteiger partial charge in [0.15, 0.2) is 0 Å². The maximum atomic E-state index is 12.2. The Hall–Kier alpha value is -3.30. The zero-order chi connectivity index (χ0) is 22.3. The molecule has 162 valence electrons. The van der Waals surface area contributed by atoms with Crippen molar-refractivity contribution >= 4 is 21.6 Å². The summed E-state index contributed by atoms with van der Waals surface area (Å²) in [4.78, 5) is 12.2. The molecule has 1 aromatic heterocycles. The number of amides is 1. The molecule has 1 heterocycles. The molecule has 0 spiro atoms. The SMILES string of the molecule is C=CCNS(=O)(=O)Cc1ccc(NC(=O)CCc2nnc(-c3ccc(C)cc3)o2)cc1. The largest absolute Gasteiger partial charge is 0.421 e. The molecule has 31 heavy (non-hydrogen) atoms. The molecular formula is C22H24N4O4S. The molecule has 0 bridgehead atoms. The van der Waals surface area contributed by atoms with Gasteiger partial charge in [-0.1, -0.05) is 35.9 Å². The Morgan fingerprint density at radius 2 is 1.81 bits per heavy atom. The van der Waals surface area contributed by atoms with Gasteiger partial charge < -0.3 is 9.73 Å². The molecule has 3 aromatic rings. The van der Waals surface area contributed by atoms with Crippen LogP contribution in [0, 0.1) is 6.92 Å². The second kappa shape index (κ2) is 10.1. The number of aromatic nitrogens is 2. The first kappa shape index (κ1) is 22.4. The fourth-order valence-electron chi connectivity index (χ4n) is 2.75. The summed E-state index contributed by atoms with van der Waals surface area (Å²) in [6.45, 7) is 5.66. The van der Waals surface area contributed by atoms with E-state index in [4.69, 9.17) is 4.42 Å². The van der Waals surface area contributed by atoms with Gasteiger partial charge in [-0.05, 0) is 36.8 Å². The van der Waals surface area contributed by atoms with Gasteiger partial charge in [0, 0.05) is 30.6 Å². The molecule has 1 amide bonds. The lowest BCUT2D eigenvalue weighted by Gasteiger charge is -2.07. The van der Waals surface area contributed by atoms with Crippen molar-refractivity contribution in [3.63, 3.8) is 0 Å². The van der Waals surface area contributed by atoms with Crippen molar-refractivity contribution in [3.05, 3.63) is 78.2 Å². The average Bonchev–Trinajstić information content (AvgIpc) is 3.22. The molecule has 0 fully saturated rings. The molecule has 2 aromatic carbocycles. The van der Waals surface area contributed by atoms with Gasteiger partial charge in [0.1, 0.15) is 0 Å². The Morgan fingerprint density at radius 1 is 1.10 bits per heavy atom. The van der Waals surface area contributed by atoms with E-state index in [2.05, 4.69) is 26.8 Å². The number of nitrogens with zero attached hydrogens (tertiary/aromatic N) is 2. The van der Waals surface area contributed by atoms with Gasteiger partial charge in [-0.25, -0.2) is 13.1 Å². The Kier molecular flexibility index (Phi) is 7.32. The number of sulfonamides is 1. The highest BCUT2D eigenvalue weighted by atomic mass is 32.2. The fraction of sp³-hybridized carbons (Fsp3) is 0.227. The van der Waals surface area contributed by atoms with Crippen LogP contribution in [-0.2, 0) is 27.0 Å². The van der Waals surface area contributed by atoms with E-state index >= 15 is 0 Å². The Labute approximate surface area is 181 Å². The van der Waals surface area contributed by atoms with E-state index in [1.54, 1.807) is 24.3 Å². The van der Waals surface area contributed by atoms with Gasteiger partial charge in [0.05, 0.1) is 5.75 Å². The van der Waals surface area contributed by atoms with Crippen molar-refractivity contribution in [1.82, 2.24) is 14.9 Å². The van der Waals surface area contributed by atoms with Gasteiger partial charge in [-0.2, -0.15) is 0 Å². The summed E-state index contributed by atoms with van der Waals surface area (Å²) in [6, 6.07) is 14.4. The molecule has 0 saturated carbocycles. The maximum Gasteiger partial charge on any atom is 0.247 e. The smallest absolute Gasteiger partial charge is 0.247 e. The van der Waals surface area contributed by atoms with Gasteiger partial charge in [-0.15, -0.1) is 16.8 Å². The summed E-state index contributed by atoms with van der Waals surface area (Å²) < 4.78 is 31.8. The summed E-state index contributed by atoms with van der Waals surface area (Å²) in [6.07, 6.45) is 1.97. The summed E-state index contributed by atoms with van der Waals surface area (Å²) >= 11 is 0. The normalized spacial score (nSPS) is 11.3. The number of aryl methyl sites for hydroxylation is 2. The van der Waals surface area contributed by atoms with E-state index in [0.717, 1.165) is 11.1 Å². The molecule has 0 aliphatic carbocycles. The van der Waals surface area contributed by atoms with Crippen molar-refractivity contribution < 1.29 is 17.6 Å². The van der Waals surface area contributed by atoms with Gasteiger partial charge in [0.25, 0.3) is 0 Å². The van der Waals surface area contributed by atoms with Crippen LogP contribution in [0.3, 0.4) is 0 Å². The van der Waals surface area contributed by atoms with Crippen LogP contribution >= 0.6 is 0 Å². The Balaban J connectivity index is 1.50. The molecule has 3 rings (SSSR count). The van der Waals surface area contributed by atoms with E-state index in [-0.39, 0.29) is 24.6 Å². The van der Waals surface area contributed by atoms with E-state index in [1.807, 2.05) is 31.2 Å². The van der Waals surface area contributed by atoms with E-state index in [9.17, 15) is 13.2 Å². The lowest BCUT2D eigenvalue weighted by Crippen LogP contribution is -2.25. The molecule has 0 aliphatic rings. The highest BCUT2D eigenvalue weighted by Crippen LogP contribution is 2.19. The number of hydrogen-bond acceptors (Lipinski definition) is 6. The lowest BCUT2D eigenvalue weighted by atomic mass is 10.1. The summed E-state index contributed by atoms with van der Waals surface area (Å²) in [5.41, 5.74) is 3.16. The van der Waals surface area contributed by atoms with Crippen LogP contribution in [0.5, 0.6) is 0 Å². The van der Waals surface area contributed by atoms with Crippen molar-refractivity contribution in [2.45, 2.75) is 25.5 Å². The topological polar surface area (TPSA) is 114 Å². The Morgan fingerprint density at radius 3 is 2.48 bits per heavy atom. The first-order valence-corrected chi connectivity index (χ1v) is 11.4. The summed E-state index contributed by atoms with van der Waals surface area (Å²) in [7, 11) is -3.42. The van der Waals surface area contributed by atoms with Crippen LogP contribution in [0.25, 0.3) is 11.5 Å². The second-order valence-electron chi connectivity index (χ2n) is 7.01. The van der Waals surface area contributed by atoms with E-state index in [1.165, 1.54) is 6.08 Å². The van der Waals surface area contributed by atoms with Crippen molar-refractivity contribution in [2.24, 2.45) is 0 Å². The predicted molar refractivity (Wildman–Crippen MR) is 119 cm³/mol. The molecule has 8 nitrogen and oxygen atoms in total. The zero-order valence-electron chi connectivity index (χ0n) is 17.2. The quantitative estimate of drug-likeness (QED) is 0.468. The molecule has 0 atom stereocenters. The summed E-state index contributed by atoms with van der Waals surface area (Å²) in [5.74, 6) is 0.458. The third-order valence-electron chi connectivity index (χ3n) is 4.37. The molecule has 0 aliphatic heterocycles. The molecular weight excluding hydrogens is 416 g/mol. The number of nitrogens with one attached hydrogen (secondary N) is 2. The van der Waals surface area contributed by atoms with Crippen molar-refractivity contribution in [1.29, 1.82) is 0 Å². The third-order valence-corrected chi connectivity index (χ3v) is 5.69. The highest BCUT2D eigenvalue weighted by molar-refractivity contribution is 7.88. The van der Waals surface area contributed by atoms with Gasteiger partial charge >= 0.3 is 0 Å². The minimum Gasteiger partial charge on any atom is -0.421 e. The minimum atomic E-state index is -3.42. The average molecular weight is 441 g/mol. The monoisotopic (exact) mass is 440 g/mol. The van der Waals surface area contributed by atoms with Crippen LogP contribution in [0.4, 0.5) is 5.69 Å². The maximum absolute atomic E-state index is 12.2. The van der Waals surface area contributed by atoms with Gasteiger partial charge in [0.2, 0.25) is 27.7 Å². The highest BCUT2D eigenvalue weighted by Gasteiger charge is 2.12. The first-order chi connectivity index (χ1) is 14.8. The molecule has 0 saturated heterocycles. The van der Waals surface area contributed by atoms with Gasteiger partial charge in [-0.3, -0.25) is 4.79 Å². The van der Waals surface area contributed by atoms with Crippen molar-refractivity contribution in [2.75, 3.05) is 11.9 Å². The lowest BCUT2D eigenvalue weighted by molar-refractivity contribution is -0.116. The number of rotatable bonds is 10. The third kappa shape index (κ3) is 6.87. The van der Waals surface area contributed by atoms with Crippen molar-refractivity contribution in [3.8, 4) is 11.5 Å². The molecule has 0 radical (unpaired) electrons. The van der Waals surface area contributed by atoms with E-state index in [0.29, 0.717) is 29.5 Å². The predicted octanol–water partition coefficient (Wildman–Crippen LogP) is 3.22. The first-order valence-electron chi connectivity index (χ1n) is 9.71. The van der Waals surface area contributed by atoms with Crippen LogP contribution in [-0.4, -0.2) is 31.1 Å². The Bertz CT molecular complexity index is 1140. The van der Waals surface area contributed by atoms with E-state index < -0.39 is 10.0 Å². The molecule has 0 unspecified atom stereocenters. The number of carbonyl (C=O) groups is 1. The number of benzene rings is 2.